The van der Waals surface area contributed by atoms with Crippen molar-refractivity contribution in [3.05, 3.63) is 77.8 Å². The highest BCUT2D eigenvalue weighted by Gasteiger charge is 2.20. The van der Waals surface area contributed by atoms with Gasteiger partial charge in [-0.05, 0) is 41.1 Å². The lowest BCUT2D eigenvalue weighted by Crippen LogP contribution is -1.84. The molecule has 0 amide bonds. The summed E-state index contributed by atoms with van der Waals surface area (Å²) in [4.78, 5) is 0. The third-order valence-corrected chi connectivity index (χ3v) is 7.19. The van der Waals surface area contributed by atoms with Crippen LogP contribution >= 0.6 is 22.9 Å². The quantitative estimate of drug-likeness (QED) is 0.252. The number of nitrogens with zero attached hydrogens (tertiary/aromatic N) is 1. The Bertz CT molecular complexity index is 1690. The molecule has 0 N–H and O–H groups in total. The molecule has 0 spiro atoms. The van der Waals surface area contributed by atoms with Gasteiger partial charge in [-0.1, -0.05) is 54.1 Å². The zero-order valence-electron chi connectivity index (χ0n) is 14.2. The first kappa shape index (κ1) is 14.3. The minimum Gasteiger partial charge on any atom is -0.307 e. The van der Waals surface area contributed by atoms with E-state index in [1.165, 1.54) is 58.3 Å². The van der Waals surface area contributed by atoms with E-state index in [1.54, 1.807) is 0 Å². The largest absolute Gasteiger partial charge is 0.307 e. The van der Waals surface area contributed by atoms with Gasteiger partial charge in [0.2, 0.25) is 0 Å². The third-order valence-electron chi connectivity index (χ3n) is 5.77. The first-order valence-corrected chi connectivity index (χ1v) is 10.2. The number of fused-ring (bicyclic) bond motifs is 6. The molecule has 27 heavy (non-hydrogen) atoms. The van der Waals surface area contributed by atoms with Crippen molar-refractivity contribution in [1.82, 2.24) is 4.40 Å². The molecule has 3 heteroatoms. The summed E-state index contributed by atoms with van der Waals surface area (Å²) in [6.45, 7) is 0. The molecule has 3 aromatic heterocycles. The smallest absolute Gasteiger partial charge is 0.0734 e. The second kappa shape index (κ2) is 4.72. The molecule has 0 fully saturated rings. The second-order valence-corrected chi connectivity index (χ2v) is 8.62. The van der Waals surface area contributed by atoms with E-state index in [1.807, 2.05) is 17.4 Å². The number of hydrogen-bond donors (Lipinski definition) is 0. The Morgan fingerprint density at radius 1 is 0.704 bits per heavy atom. The maximum absolute atomic E-state index is 6.44. The summed E-state index contributed by atoms with van der Waals surface area (Å²) in [5.74, 6) is 0. The van der Waals surface area contributed by atoms with Crippen LogP contribution in [0.2, 0.25) is 5.02 Å². The van der Waals surface area contributed by atoms with E-state index < -0.39 is 0 Å². The van der Waals surface area contributed by atoms with Gasteiger partial charge in [-0.3, -0.25) is 0 Å². The zero-order valence-corrected chi connectivity index (χ0v) is 15.7. The maximum Gasteiger partial charge on any atom is 0.0734 e. The van der Waals surface area contributed by atoms with Gasteiger partial charge in [-0.15, -0.1) is 11.3 Å². The Hall–Kier alpha value is -2.81. The minimum absolute atomic E-state index is 0.773. The topological polar surface area (TPSA) is 4.41 Å². The number of rotatable bonds is 0. The first-order chi connectivity index (χ1) is 13.3. The van der Waals surface area contributed by atoms with Crippen LogP contribution in [0.25, 0.3) is 58.3 Å². The summed E-state index contributed by atoms with van der Waals surface area (Å²) < 4.78 is 5.15. The van der Waals surface area contributed by atoms with Crippen molar-refractivity contribution in [2.24, 2.45) is 0 Å². The number of aromatic nitrogens is 1. The van der Waals surface area contributed by atoms with Crippen LogP contribution in [0.4, 0.5) is 0 Å². The highest BCUT2D eigenvalue weighted by atomic mass is 35.5. The maximum atomic E-state index is 6.44. The van der Waals surface area contributed by atoms with E-state index in [4.69, 9.17) is 11.6 Å². The molecule has 4 aromatic carbocycles. The van der Waals surface area contributed by atoms with Crippen molar-refractivity contribution in [1.29, 1.82) is 0 Å². The van der Waals surface area contributed by atoms with Crippen LogP contribution in [-0.4, -0.2) is 4.40 Å². The summed E-state index contributed by atoms with van der Waals surface area (Å²) in [5.41, 5.74) is 3.79. The van der Waals surface area contributed by atoms with Gasteiger partial charge in [-0.25, -0.2) is 0 Å². The van der Waals surface area contributed by atoms with Gasteiger partial charge < -0.3 is 4.40 Å². The summed E-state index contributed by atoms with van der Waals surface area (Å²) in [6, 6.07) is 26.1. The molecular formula is C24H12ClNS. The van der Waals surface area contributed by atoms with E-state index in [-0.39, 0.29) is 0 Å². The molecule has 0 atom stereocenters. The number of para-hydroxylation sites is 1. The normalized spacial score (nSPS) is 12.6. The fraction of sp³-hybridized carbons (Fsp3) is 0. The van der Waals surface area contributed by atoms with Gasteiger partial charge in [0.25, 0.3) is 0 Å². The number of hydrogen-bond acceptors (Lipinski definition) is 1. The van der Waals surface area contributed by atoms with Crippen LogP contribution < -0.4 is 0 Å². The molecule has 0 saturated heterocycles. The van der Waals surface area contributed by atoms with Gasteiger partial charge in [0.15, 0.2) is 0 Å². The Labute approximate surface area is 163 Å². The van der Waals surface area contributed by atoms with Crippen LogP contribution in [0.15, 0.2) is 72.8 Å². The molecule has 3 heterocycles. The van der Waals surface area contributed by atoms with Gasteiger partial charge in [0.05, 0.1) is 21.3 Å². The van der Waals surface area contributed by atoms with Crippen LogP contribution in [0.1, 0.15) is 0 Å². The lowest BCUT2D eigenvalue weighted by atomic mass is 10.0. The minimum atomic E-state index is 0.773. The van der Waals surface area contributed by atoms with Crippen molar-refractivity contribution < 1.29 is 0 Å². The summed E-state index contributed by atoms with van der Waals surface area (Å²) in [6.07, 6.45) is 0. The molecule has 1 nitrogen and oxygen atoms in total. The number of halogens is 1. The van der Waals surface area contributed by atoms with E-state index in [9.17, 15) is 0 Å². The molecule has 0 aliphatic carbocycles. The molecule has 0 radical (unpaired) electrons. The predicted octanol–water partition coefficient (Wildman–Crippen LogP) is 7.86. The monoisotopic (exact) mass is 381 g/mol. The average molecular weight is 382 g/mol. The fourth-order valence-electron chi connectivity index (χ4n) is 4.72. The van der Waals surface area contributed by atoms with Crippen molar-refractivity contribution >= 4 is 81.2 Å². The Morgan fingerprint density at radius 2 is 1.56 bits per heavy atom. The molecule has 0 aliphatic heterocycles. The fourth-order valence-corrected chi connectivity index (χ4v) is 6.12. The van der Waals surface area contributed by atoms with Crippen LogP contribution in [0.5, 0.6) is 0 Å². The molecule has 126 valence electrons. The lowest BCUT2D eigenvalue weighted by Gasteiger charge is -2.03. The average Bonchev–Trinajstić information content (AvgIpc) is 3.18. The van der Waals surface area contributed by atoms with E-state index >= 15 is 0 Å². The summed E-state index contributed by atoms with van der Waals surface area (Å²) >= 11 is 8.34. The second-order valence-electron chi connectivity index (χ2n) is 7.14. The summed E-state index contributed by atoms with van der Waals surface area (Å²) in [5, 5.41) is 8.55. The number of thiophene rings is 1. The van der Waals surface area contributed by atoms with Crippen molar-refractivity contribution in [3.63, 3.8) is 0 Å². The molecule has 7 rings (SSSR count). The van der Waals surface area contributed by atoms with Crippen molar-refractivity contribution in [2.75, 3.05) is 0 Å². The number of benzene rings is 4. The van der Waals surface area contributed by atoms with Crippen molar-refractivity contribution in [2.45, 2.75) is 0 Å². The van der Waals surface area contributed by atoms with E-state index in [2.05, 4.69) is 71.1 Å². The molecule has 0 saturated carbocycles. The molecule has 0 bridgehead atoms. The van der Waals surface area contributed by atoms with Crippen LogP contribution in [-0.2, 0) is 0 Å². The Balaban J connectivity index is 2.05. The summed E-state index contributed by atoms with van der Waals surface area (Å²) in [7, 11) is 0. The third kappa shape index (κ3) is 1.62. The Kier molecular flexibility index (Phi) is 2.49. The standard InChI is InChI=1S/C24H12ClNS/c25-14-9-10-19-17(12-14)15-6-3-4-13-8-11-20-22(21(13)15)23-24(27-20)16-5-1-2-7-18(16)26(19)23/h1-12H. The SMILES string of the molecule is Clc1ccc2c(c1)c1cccc3ccc4sc5c6ccccc6n2c5c4c31. The van der Waals surface area contributed by atoms with Gasteiger partial charge >= 0.3 is 0 Å². The zero-order chi connectivity index (χ0) is 17.7. The van der Waals surface area contributed by atoms with Crippen LogP contribution in [0.3, 0.4) is 0 Å². The van der Waals surface area contributed by atoms with Gasteiger partial charge in [0.1, 0.15) is 0 Å². The molecule has 7 aromatic rings. The molecule has 0 unspecified atom stereocenters. The van der Waals surface area contributed by atoms with Gasteiger partial charge in [0, 0.05) is 31.3 Å². The van der Waals surface area contributed by atoms with Crippen LogP contribution in [0, 0.1) is 0 Å². The highest BCUT2D eigenvalue weighted by Crippen LogP contribution is 2.47. The molecule has 0 aliphatic rings. The Morgan fingerprint density at radius 3 is 2.52 bits per heavy atom. The van der Waals surface area contributed by atoms with E-state index in [0.717, 1.165) is 5.02 Å². The highest BCUT2D eigenvalue weighted by molar-refractivity contribution is 7.27. The lowest BCUT2D eigenvalue weighted by molar-refractivity contribution is 1.36. The van der Waals surface area contributed by atoms with Crippen molar-refractivity contribution in [3.8, 4) is 0 Å². The van der Waals surface area contributed by atoms with Gasteiger partial charge in [-0.2, -0.15) is 0 Å². The first-order valence-electron chi connectivity index (χ1n) is 8.99. The molecular weight excluding hydrogens is 370 g/mol. The predicted molar refractivity (Wildman–Crippen MR) is 119 cm³/mol. The van der Waals surface area contributed by atoms with E-state index in [0.29, 0.717) is 0 Å².